The van der Waals surface area contributed by atoms with Crippen molar-refractivity contribution in [2.75, 3.05) is 18.4 Å². The molecule has 0 saturated carbocycles. The summed E-state index contributed by atoms with van der Waals surface area (Å²) in [5, 5.41) is 14.2. The summed E-state index contributed by atoms with van der Waals surface area (Å²) in [5.74, 6) is 0.493. The van der Waals surface area contributed by atoms with E-state index in [-0.39, 0.29) is 5.91 Å². The summed E-state index contributed by atoms with van der Waals surface area (Å²) >= 11 is 0. The fraction of sp³-hybridized carbons (Fsp3) is 0.389. The van der Waals surface area contributed by atoms with Crippen molar-refractivity contribution in [3.05, 3.63) is 54.4 Å². The summed E-state index contributed by atoms with van der Waals surface area (Å²) in [7, 11) is 0. The van der Waals surface area contributed by atoms with E-state index in [2.05, 4.69) is 33.1 Å². The van der Waals surface area contributed by atoms with E-state index in [1.165, 1.54) is 19.3 Å². The predicted octanol–water partition coefficient (Wildman–Crippen LogP) is 2.48. The topological polar surface area (TPSA) is 71.8 Å². The largest absolute Gasteiger partial charge is 0.321 e. The summed E-state index contributed by atoms with van der Waals surface area (Å²) < 4.78 is 1.70. The second-order valence-corrected chi connectivity index (χ2v) is 6.04. The molecule has 6 nitrogen and oxygen atoms in total. The van der Waals surface area contributed by atoms with Crippen molar-refractivity contribution in [2.45, 2.75) is 25.8 Å². The number of hydrogen-bond acceptors (Lipinski definition) is 4. The quantitative estimate of drug-likeness (QED) is 0.606. The minimum absolute atomic E-state index is 0.241. The maximum atomic E-state index is 12.1. The Morgan fingerprint density at radius 3 is 2.92 bits per heavy atom. The lowest BCUT2D eigenvalue weighted by atomic mass is 9.94. The van der Waals surface area contributed by atoms with Gasteiger partial charge in [0.25, 0.3) is 5.91 Å². The Hall–Kier alpha value is -2.47. The van der Waals surface area contributed by atoms with Gasteiger partial charge in [-0.2, -0.15) is 0 Å². The molecule has 1 aliphatic carbocycles. The monoisotopic (exact) mass is 325 g/mol. The smallest absolute Gasteiger partial charge is 0.277 e. The van der Waals surface area contributed by atoms with Gasteiger partial charge in [-0.3, -0.25) is 9.48 Å². The molecule has 0 fully saturated rings. The molecule has 2 aromatic rings. The van der Waals surface area contributed by atoms with Crippen LogP contribution in [0.15, 0.2) is 48.7 Å². The molecular weight excluding hydrogens is 302 g/mol. The van der Waals surface area contributed by atoms with Crippen LogP contribution in [0.3, 0.4) is 0 Å². The molecule has 0 radical (unpaired) electrons. The first-order chi connectivity index (χ1) is 11.8. The number of para-hydroxylation sites is 1. The number of hydrogen-bond donors (Lipinski definition) is 2. The van der Waals surface area contributed by atoms with Gasteiger partial charge in [0.1, 0.15) is 0 Å². The lowest BCUT2D eigenvalue weighted by Crippen LogP contribution is -2.27. The molecule has 0 aliphatic heterocycles. The summed E-state index contributed by atoms with van der Waals surface area (Å²) in [6, 6.07) is 9.34. The zero-order chi connectivity index (χ0) is 16.6. The molecule has 6 heteroatoms. The Labute approximate surface area is 141 Å². The van der Waals surface area contributed by atoms with Crippen LogP contribution in [0.2, 0.25) is 0 Å². The highest BCUT2D eigenvalue weighted by molar-refractivity contribution is 6.02. The van der Waals surface area contributed by atoms with Gasteiger partial charge in [-0.05, 0) is 43.9 Å². The molecule has 1 amide bonds. The maximum Gasteiger partial charge on any atom is 0.277 e. The van der Waals surface area contributed by atoms with Crippen molar-refractivity contribution < 1.29 is 4.79 Å². The fourth-order valence-corrected chi connectivity index (χ4v) is 2.77. The number of benzene rings is 1. The van der Waals surface area contributed by atoms with E-state index >= 15 is 0 Å². The van der Waals surface area contributed by atoms with E-state index in [1.807, 2.05) is 30.3 Å². The van der Waals surface area contributed by atoms with Gasteiger partial charge in [0.05, 0.1) is 12.7 Å². The summed E-state index contributed by atoms with van der Waals surface area (Å²) in [4.78, 5) is 12.1. The molecule has 1 aliphatic rings. The highest BCUT2D eigenvalue weighted by atomic mass is 16.2. The number of carbonyl (C=O) groups excluding carboxylic acids is 1. The summed E-state index contributed by atoms with van der Waals surface area (Å²) in [6.45, 7) is 2.55. The van der Waals surface area contributed by atoms with Crippen LogP contribution in [0.1, 0.15) is 29.8 Å². The molecule has 3 rings (SSSR count). The standard InChI is InChI=1S/C18H23N5O/c24-18(20-16-9-5-2-6-10-16)17-14-23(22-21-17)12-11-19-13-15-7-3-1-4-8-15/h1-3,5-6,9-10,14-15,19H,4,7-8,11-13H2,(H,20,24). The van der Waals surface area contributed by atoms with E-state index in [9.17, 15) is 4.79 Å². The average molecular weight is 325 g/mol. The van der Waals surface area contributed by atoms with Crippen LogP contribution in [-0.2, 0) is 6.54 Å². The first-order valence-electron chi connectivity index (χ1n) is 8.43. The number of anilines is 1. The number of rotatable bonds is 7. The molecule has 0 spiro atoms. The third-order valence-corrected chi connectivity index (χ3v) is 4.13. The van der Waals surface area contributed by atoms with E-state index in [4.69, 9.17) is 0 Å². The first-order valence-corrected chi connectivity index (χ1v) is 8.43. The molecule has 1 aromatic carbocycles. The van der Waals surface area contributed by atoms with Gasteiger partial charge in [-0.15, -0.1) is 5.10 Å². The number of amides is 1. The van der Waals surface area contributed by atoms with E-state index in [1.54, 1.807) is 10.9 Å². The van der Waals surface area contributed by atoms with Crippen LogP contribution >= 0.6 is 0 Å². The van der Waals surface area contributed by atoms with E-state index in [0.717, 1.165) is 24.7 Å². The van der Waals surface area contributed by atoms with Crippen LogP contribution in [0.25, 0.3) is 0 Å². The van der Waals surface area contributed by atoms with Crippen LogP contribution in [0.4, 0.5) is 5.69 Å². The van der Waals surface area contributed by atoms with Gasteiger partial charge in [0, 0.05) is 12.2 Å². The van der Waals surface area contributed by atoms with Gasteiger partial charge in [0.2, 0.25) is 0 Å². The van der Waals surface area contributed by atoms with Gasteiger partial charge in [0.15, 0.2) is 5.69 Å². The number of allylic oxidation sites excluding steroid dienone is 2. The number of nitrogens with zero attached hydrogens (tertiary/aromatic N) is 3. The molecular formula is C18H23N5O. The van der Waals surface area contributed by atoms with Gasteiger partial charge in [-0.25, -0.2) is 0 Å². The van der Waals surface area contributed by atoms with Crippen molar-refractivity contribution in [3.8, 4) is 0 Å². The lowest BCUT2D eigenvalue weighted by Gasteiger charge is -2.17. The summed E-state index contributed by atoms with van der Waals surface area (Å²) in [6.07, 6.45) is 9.83. The minimum atomic E-state index is -0.241. The number of carbonyl (C=O) groups is 1. The van der Waals surface area contributed by atoms with Crippen LogP contribution in [0.5, 0.6) is 0 Å². The molecule has 126 valence electrons. The molecule has 0 saturated heterocycles. The first kappa shape index (κ1) is 16.4. The van der Waals surface area contributed by atoms with Gasteiger partial charge in [-0.1, -0.05) is 35.6 Å². The van der Waals surface area contributed by atoms with Crippen molar-refractivity contribution in [1.82, 2.24) is 20.3 Å². The Bertz CT molecular complexity index is 680. The van der Waals surface area contributed by atoms with Crippen molar-refractivity contribution in [3.63, 3.8) is 0 Å². The zero-order valence-electron chi connectivity index (χ0n) is 13.7. The van der Waals surface area contributed by atoms with Crippen LogP contribution < -0.4 is 10.6 Å². The molecule has 1 aromatic heterocycles. The molecule has 0 bridgehead atoms. The normalized spacial score (nSPS) is 16.9. The molecule has 1 atom stereocenters. The van der Waals surface area contributed by atoms with Crippen LogP contribution in [-0.4, -0.2) is 34.0 Å². The molecule has 2 N–H and O–H groups in total. The molecule has 24 heavy (non-hydrogen) atoms. The third kappa shape index (κ3) is 4.76. The molecule has 1 heterocycles. The number of nitrogens with one attached hydrogen (secondary N) is 2. The maximum absolute atomic E-state index is 12.1. The Morgan fingerprint density at radius 1 is 1.25 bits per heavy atom. The summed E-state index contributed by atoms with van der Waals surface area (Å²) in [5.41, 5.74) is 1.08. The average Bonchev–Trinajstić information content (AvgIpc) is 3.10. The van der Waals surface area contributed by atoms with Gasteiger partial charge >= 0.3 is 0 Å². The van der Waals surface area contributed by atoms with Crippen LogP contribution in [0, 0.1) is 5.92 Å². The van der Waals surface area contributed by atoms with Crippen molar-refractivity contribution in [2.24, 2.45) is 5.92 Å². The highest BCUT2D eigenvalue weighted by Crippen LogP contribution is 2.16. The lowest BCUT2D eigenvalue weighted by molar-refractivity contribution is 0.102. The number of aromatic nitrogens is 3. The second-order valence-electron chi connectivity index (χ2n) is 6.04. The highest BCUT2D eigenvalue weighted by Gasteiger charge is 2.11. The Morgan fingerprint density at radius 2 is 2.12 bits per heavy atom. The second kappa shape index (κ2) is 8.40. The van der Waals surface area contributed by atoms with E-state index in [0.29, 0.717) is 12.2 Å². The molecule has 1 unspecified atom stereocenters. The third-order valence-electron chi connectivity index (χ3n) is 4.13. The van der Waals surface area contributed by atoms with E-state index < -0.39 is 0 Å². The Balaban J connectivity index is 1.41. The van der Waals surface area contributed by atoms with Crippen molar-refractivity contribution >= 4 is 11.6 Å². The van der Waals surface area contributed by atoms with Crippen molar-refractivity contribution in [1.29, 1.82) is 0 Å². The zero-order valence-corrected chi connectivity index (χ0v) is 13.7. The van der Waals surface area contributed by atoms with Gasteiger partial charge < -0.3 is 10.6 Å². The SMILES string of the molecule is O=C(Nc1ccccc1)c1cn(CCNCC2CC=CCC2)nn1. The fourth-order valence-electron chi connectivity index (χ4n) is 2.77. The predicted molar refractivity (Wildman–Crippen MR) is 93.8 cm³/mol. The Kier molecular flexibility index (Phi) is 5.74. The minimum Gasteiger partial charge on any atom is -0.321 e.